The van der Waals surface area contributed by atoms with Crippen LogP contribution in [-0.2, 0) is 7.05 Å². The summed E-state index contributed by atoms with van der Waals surface area (Å²) in [4.78, 5) is 13.8. The molecule has 1 saturated heterocycles. The molecule has 1 fully saturated rings. The van der Waals surface area contributed by atoms with Crippen molar-refractivity contribution < 1.29 is 9.90 Å². The Labute approximate surface area is 130 Å². The zero-order valence-corrected chi connectivity index (χ0v) is 13.0. The second-order valence-electron chi connectivity index (χ2n) is 5.91. The summed E-state index contributed by atoms with van der Waals surface area (Å²) < 4.78 is 1.55. The number of aryl methyl sites for hydroxylation is 1. The number of aromatic carboxylic acids is 1. The Morgan fingerprint density at radius 2 is 2.05 bits per heavy atom. The van der Waals surface area contributed by atoms with E-state index < -0.39 is 5.97 Å². The van der Waals surface area contributed by atoms with E-state index in [-0.39, 0.29) is 5.69 Å². The van der Waals surface area contributed by atoms with Gasteiger partial charge in [0.2, 0.25) is 0 Å². The lowest BCUT2D eigenvalue weighted by molar-refractivity contribution is 0.0690. The quantitative estimate of drug-likeness (QED) is 0.943. The van der Waals surface area contributed by atoms with E-state index in [2.05, 4.69) is 29.1 Å². The van der Waals surface area contributed by atoms with Crippen LogP contribution in [0.15, 0.2) is 30.5 Å². The molecule has 1 N–H and O–H groups in total. The van der Waals surface area contributed by atoms with Gasteiger partial charge in [-0.1, -0.05) is 18.2 Å². The zero-order valence-electron chi connectivity index (χ0n) is 13.0. The van der Waals surface area contributed by atoms with Gasteiger partial charge in [-0.05, 0) is 50.0 Å². The Morgan fingerprint density at radius 1 is 1.32 bits per heavy atom. The van der Waals surface area contributed by atoms with Crippen molar-refractivity contribution in [1.82, 2.24) is 14.7 Å². The maximum atomic E-state index is 11.4. The molecular formula is C17H21N3O2. The molecule has 116 valence electrons. The molecule has 0 radical (unpaired) electrons. The summed E-state index contributed by atoms with van der Waals surface area (Å²) >= 11 is 0. The van der Waals surface area contributed by atoms with E-state index >= 15 is 0 Å². The number of carboxylic acids is 1. The highest BCUT2D eigenvalue weighted by atomic mass is 16.4. The van der Waals surface area contributed by atoms with Gasteiger partial charge in [-0.2, -0.15) is 5.10 Å². The van der Waals surface area contributed by atoms with Crippen LogP contribution in [-0.4, -0.2) is 38.8 Å². The first-order valence-electron chi connectivity index (χ1n) is 7.67. The SMILES string of the molecule is CC(c1cccc(-c2cn(C)nc2C(=O)O)c1)N1CCCC1. The summed E-state index contributed by atoms with van der Waals surface area (Å²) in [5.41, 5.74) is 2.91. The molecule has 0 aliphatic carbocycles. The monoisotopic (exact) mass is 299 g/mol. The molecule has 0 spiro atoms. The Balaban J connectivity index is 1.96. The summed E-state index contributed by atoms with van der Waals surface area (Å²) in [6.45, 7) is 4.49. The van der Waals surface area contributed by atoms with Gasteiger partial charge in [0, 0.05) is 24.8 Å². The number of aromatic nitrogens is 2. The lowest BCUT2D eigenvalue weighted by atomic mass is 10.00. The Hall–Kier alpha value is -2.14. The third kappa shape index (κ3) is 2.76. The highest BCUT2D eigenvalue weighted by Gasteiger charge is 2.21. The van der Waals surface area contributed by atoms with Gasteiger partial charge in [0.05, 0.1) is 0 Å². The van der Waals surface area contributed by atoms with E-state index in [9.17, 15) is 9.90 Å². The van der Waals surface area contributed by atoms with Gasteiger partial charge in [-0.15, -0.1) is 0 Å². The van der Waals surface area contributed by atoms with Crippen molar-refractivity contribution >= 4 is 5.97 Å². The van der Waals surface area contributed by atoms with Crippen LogP contribution in [0.1, 0.15) is 41.9 Å². The van der Waals surface area contributed by atoms with Crippen molar-refractivity contribution in [3.63, 3.8) is 0 Å². The van der Waals surface area contributed by atoms with Crippen molar-refractivity contribution in [3.05, 3.63) is 41.7 Å². The highest BCUT2D eigenvalue weighted by Crippen LogP contribution is 2.29. The summed E-state index contributed by atoms with van der Waals surface area (Å²) in [5, 5.41) is 13.4. The van der Waals surface area contributed by atoms with Crippen LogP contribution in [0, 0.1) is 0 Å². The van der Waals surface area contributed by atoms with E-state index in [0.29, 0.717) is 11.6 Å². The average Bonchev–Trinajstić information content (AvgIpc) is 3.16. The fraction of sp³-hybridized carbons (Fsp3) is 0.412. The molecule has 2 aromatic rings. The minimum atomic E-state index is -0.992. The molecule has 1 aromatic carbocycles. The summed E-state index contributed by atoms with van der Waals surface area (Å²) in [5.74, 6) is -0.992. The summed E-state index contributed by atoms with van der Waals surface area (Å²) in [7, 11) is 1.74. The van der Waals surface area contributed by atoms with Crippen LogP contribution in [0.4, 0.5) is 0 Å². The standard InChI is InChI=1S/C17H21N3O2/c1-12(20-8-3-4-9-20)13-6-5-7-14(10-13)15-11-19(2)18-16(15)17(21)22/h5-7,10-12H,3-4,8-9H2,1-2H3,(H,21,22). The number of benzene rings is 1. The molecule has 22 heavy (non-hydrogen) atoms. The lowest BCUT2D eigenvalue weighted by Crippen LogP contribution is -2.23. The van der Waals surface area contributed by atoms with Gasteiger partial charge in [0.15, 0.2) is 5.69 Å². The zero-order chi connectivity index (χ0) is 15.7. The minimum Gasteiger partial charge on any atom is -0.476 e. The van der Waals surface area contributed by atoms with Crippen molar-refractivity contribution in [2.45, 2.75) is 25.8 Å². The van der Waals surface area contributed by atoms with Crippen LogP contribution in [0.5, 0.6) is 0 Å². The van der Waals surface area contributed by atoms with Gasteiger partial charge < -0.3 is 5.11 Å². The topological polar surface area (TPSA) is 58.4 Å². The Kier molecular flexibility index (Phi) is 3.98. The molecule has 5 heteroatoms. The van der Waals surface area contributed by atoms with Gasteiger partial charge >= 0.3 is 5.97 Å². The van der Waals surface area contributed by atoms with E-state index in [1.165, 1.54) is 18.4 Å². The maximum absolute atomic E-state index is 11.4. The van der Waals surface area contributed by atoms with Gasteiger partial charge in [-0.3, -0.25) is 9.58 Å². The predicted molar refractivity (Wildman–Crippen MR) is 84.8 cm³/mol. The molecule has 0 bridgehead atoms. The number of rotatable bonds is 4. The smallest absolute Gasteiger partial charge is 0.357 e. The number of hydrogen-bond acceptors (Lipinski definition) is 3. The van der Waals surface area contributed by atoms with E-state index in [4.69, 9.17) is 0 Å². The fourth-order valence-corrected chi connectivity index (χ4v) is 3.16. The Bertz CT molecular complexity index is 687. The number of carboxylic acid groups (broad SMARTS) is 1. The largest absolute Gasteiger partial charge is 0.476 e. The van der Waals surface area contributed by atoms with E-state index in [1.807, 2.05) is 12.1 Å². The third-order valence-corrected chi connectivity index (χ3v) is 4.40. The van der Waals surface area contributed by atoms with Crippen LogP contribution < -0.4 is 0 Å². The molecule has 1 atom stereocenters. The van der Waals surface area contributed by atoms with Crippen molar-refractivity contribution in [3.8, 4) is 11.1 Å². The highest BCUT2D eigenvalue weighted by molar-refractivity contribution is 5.93. The van der Waals surface area contributed by atoms with Crippen molar-refractivity contribution in [1.29, 1.82) is 0 Å². The fourth-order valence-electron chi connectivity index (χ4n) is 3.16. The molecule has 1 unspecified atom stereocenters. The van der Waals surface area contributed by atoms with Crippen LogP contribution in [0.25, 0.3) is 11.1 Å². The normalized spacial score (nSPS) is 16.8. The molecule has 1 aliphatic rings. The van der Waals surface area contributed by atoms with Crippen molar-refractivity contribution in [2.24, 2.45) is 7.05 Å². The van der Waals surface area contributed by atoms with E-state index in [0.717, 1.165) is 18.7 Å². The first-order chi connectivity index (χ1) is 10.6. The minimum absolute atomic E-state index is 0.105. The predicted octanol–water partition coefficient (Wildman–Crippen LogP) is 2.94. The summed E-state index contributed by atoms with van der Waals surface area (Å²) in [6.07, 6.45) is 4.29. The van der Waals surface area contributed by atoms with Gasteiger partial charge in [0.1, 0.15) is 0 Å². The molecular weight excluding hydrogens is 278 g/mol. The number of likely N-dealkylation sites (tertiary alicyclic amines) is 1. The van der Waals surface area contributed by atoms with Crippen LogP contribution in [0.2, 0.25) is 0 Å². The second kappa shape index (κ2) is 5.93. The van der Waals surface area contributed by atoms with Crippen LogP contribution in [0.3, 0.4) is 0 Å². The molecule has 2 heterocycles. The van der Waals surface area contributed by atoms with Gasteiger partial charge in [-0.25, -0.2) is 4.79 Å². The molecule has 0 saturated carbocycles. The first kappa shape index (κ1) is 14.8. The molecule has 0 amide bonds. The van der Waals surface area contributed by atoms with Crippen LogP contribution >= 0.6 is 0 Å². The second-order valence-corrected chi connectivity index (χ2v) is 5.91. The van der Waals surface area contributed by atoms with Gasteiger partial charge in [0.25, 0.3) is 0 Å². The molecule has 1 aliphatic heterocycles. The third-order valence-electron chi connectivity index (χ3n) is 4.40. The van der Waals surface area contributed by atoms with E-state index in [1.54, 1.807) is 17.9 Å². The van der Waals surface area contributed by atoms with Crippen molar-refractivity contribution in [2.75, 3.05) is 13.1 Å². The lowest BCUT2D eigenvalue weighted by Gasteiger charge is -2.24. The summed E-state index contributed by atoms with van der Waals surface area (Å²) in [6, 6.07) is 8.50. The first-order valence-corrected chi connectivity index (χ1v) is 7.67. The molecule has 5 nitrogen and oxygen atoms in total. The molecule has 1 aromatic heterocycles. The maximum Gasteiger partial charge on any atom is 0.357 e. The molecule has 3 rings (SSSR count). The number of carbonyl (C=O) groups is 1. The average molecular weight is 299 g/mol. The number of hydrogen-bond donors (Lipinski definition) is 1. The number of nitrogens with zero attached hydrogens (tertiary/aromatic N) is 3. The Morgan fingerprint density at radius 3 is 2.73 bits per heavy atom.